The molecule has 5 heterocycles. The second-order valence-corrected chi connectivity index (χ2v) is 10.1. The fraction of sp³-hybridized carbons (Fsp3) is 0.577. The number of nitrogens with zero attached hydrogens (tertiary/aromatic N) is 6. The summed E-state index contributed by atoms with van der Waals surface area (Å²) in [5, 5.41) is 0. The van der Waals surface area contributed by atoms with Crippen molar-refractivity contribution in [3.05, 3.63) is 35.4 Å². The first kappa shape index (κ1) is 27.1. The van der Waals surface area contributed by atoms with Crippen LogP contribution in [0.4, 0.5) is 18.9 Å². The van der Waals surface area contributed by atoms with Crippen LogP contribution in [0.2, 0.25) is 0 Å². The number of carbonyl (C=O) groups is 2. The Labute approximate surface area is 224 Å². The van der Waals surface area contributed by atoms with Crippen molar-refractivity contribution in [1.82, 2.24) is 24.8 Å². The zero-order valence-corrected chi connectivity index (χ0v) is 21.7. The third-order valence-corrected chi connectivity index (χ3v) is 7.67. The Bertz CT molecular complexity index is 1200. The summed E-state index contributed by atoms with van der Waals surface area (Å²) in [4.78, 5) is 42.1. The Hall–Kier alpha value is -3.48. The lowest BCUT2D eigenvalue weighted by molar-refractivity contribution is -0.139. The lowest BCUT2D eigenvalue weighted by Gasteiger charge is -2.32. The fourth-order valence-electron chi connectivity index (χ4n) is 5.53. The summed E-state index contributed by atoms with van der Waals surface area (Å²) in [5.41, 5.74) is 0.904. The maximum Gasteiger partial charge on any atom is 0.421 e. The number of hydrogen-bond donors (Lipinski definition) is 0. The van der Waals surface area contributed by atoms with Gasteiger partial charge in [0.2, 0.25) is 17.7 Å². The number of piperidine rings is 1. The van der Waals surface area contributed by atoms with Crippen molar-refractivity contribution in [2.75, 3.05) is 51.3 Å². The van der Waals surface area contributed by atoms with E-state index >= 15 is 0 Å². The Kier molecular flexibility index (Phi) is 7.87. The molecular formula is C26H31F3N6O4. The number of hydrogen-bond acceptors (Lipinski definition) is 9. The van der Waals surface area contributed by atoms with Gasteiger partial charge in [-0.15, -0.1) is 0 Å². The van der Waals surface area contributed by atoms with Crippen LogP contribution in [-0.2, 0) is 28.7 Å². The molecular weight excluding hydrogens is 517 g/mol. The van der Waals surface area contributed by atoms with Crippen LogP contribution in [-0.4, -0.2) is 89.4 Å². The third-order valence-electron chi connectivity index (χ3n) is 7.67. The Morgan fingerprint density at radius 1 is 1.10 bits per heavy atom. The summed E-state index contributed by atoms with van der Waals surface area (Å²) in [6.45, 7) is 3.65. The van der Waals surface area contributed by atoms with Gasteiger partial charge < -0.3 is 24.1 Å². The van der Waals surface area contributed by atoms with Gasteiger partial charge in [0.25, 0.3) is 0 Å². The minimum atomic E-state index is -4.60. The Balaban J connectivity index is 1.24. The number of fused-ring (bicyclic) bond motifs is 1. The van der Waals surface area contributed by atoms with Crippen molar-refractivity contribution in [3.63, 3.8) is 0 Å². The van der Waals surface area contributed by atoms with Crippen LogP contribution in [0.5, 0.6) is 11.8 Å². The maximum atomic E-state index is 13.5. The third kappa shape index (κ3) is 5.92. The molecule has 2 fully saturated rings. The largest absolute Gasteiger partial charge is 0.481 e. The van der Waals surface area contributed by atoms with Gasteiger partial charge in [-0.1, -0.05) is 0 Å². The monoisotopic (exact) mass is 548 g/mol. The molecule has 10 nitrogen and oxygen atoms in total. The number of anilines is 1. The molecule has 0 spiro atoms. The summed E-state index contributed by atoms with van der Waals surface area (Å²) >= 11 is 0. The highest BCUT2D eigenvalue weighted by Crippen LogP contribution is 2.38. The molecule has 0 saturated carbocycles. The minimum absolute atomic E-state index is 0.0493. The van der Waals surface area contributed by atoms with E-state index in [1.807, 2.05) is 4.90 Å². The normalized spacial score (nSPS) is 20.6. The lowest BCUT2D eigenvalue weighted by Crippen LogP contribution is -2.42. The van der Waals surface area contributed by atoms with E-state index < -0.39 is 17.6 Å². The van der Waals surface area contributed by atoms with Crippen molar-refractivity contribution in [1.29, 1.82) is 0 Å². The molecule has 5 rings (SSSR count). The molecule has 39 heavy (non-hydrogen) atoms. The first-order chi connectivity index (χ1) is 18.8. The average molecular weight is 549 g/mol. The first-order valence-corrected chi connectivity index (χ1v) is 13.1. The second-order valence-electron chi connectivity index (χ2n) is 10.1. The number of methoxy groups -OCH3 is 1. The topological polar surface area (TPSA) is 101 Å². The summed E-state index contributed by atoms with van der Waals surface area (Å²) in [6, 6.07) is 1.05. The van der Waals surface area contributed by atoms with E-state index in [4.69, 9.17) is 9.47 Å². The van der Waals surface area contributed by atoms with Crippen LogP contribution < -0.4 is 14.4 Å². The van der Waals surface area contributed by atoms with Gasteiger partial charge >= 0.3 is 6.18 Å². The molecule has 210 valence electrons. The number of rotatable bonds is 7. The van der Waals surface area contributed by atoms with Gasteiger partial charge in [0, 0.05) is 31.8 Å². The average Bonchev–Trinajstić information content (AvgIpc) is 3.41. The number of aromatic nitrogens is 3. The number of alkyl halides is 3. The zero-order valence-electron chi connectivity index (χ0n) is 21.7. The highest BCUT2D eigenvalue weighted by molar-refractivity contribution is 5.79. The molecule has 0 unspecified atom stereocenters. The van der Waals surface area contributed by atoms with Gasteiger partial charge in [-0.05, 0) is 32.0 Å². The highest BCUT2D eigenvalue weighted by Gasteiger charge is 2.37. The molecule has 2 saturated heterocycles. The van der Waals surface area contributed by atoms with E-state index in [0.717, 1.165) is 56.7 Å². The number of carbonyl (C=O) groups excluding carboxylic acids is 2. The second kappa shape index (κ2) is 11.3. The van der Waals surface area contributed by atoms with E-state index in [0.29, 0.717) is 50.6 Å². The van der Waals surface area contributed by atoms with E-state index in [-0.39, 0.29) is 24.5 Å². The van der Waals surface area contributed by atoms with Crippen molar-refractivity contribution in [2.24, 2.45) is 5.92 Å². The molecule has 1 amide bonds. The molecule has 13 heteroatoms. The summed E-state index contributed by atoms with van der Waals surface area (Å²) in [5.74, 6) is -0.00603. The highest BCUT2D eigenvalue weighted by atomic mass is 19.4. The zero-order chi connectivity index (χ0) is 27.6. The predicted molar refractivity (Wildman–Crippen MR) is 133 cm³/mol. The van der Waals surface area contributed by atoms with Crippen LogP contribution in [0.15, 0.2) is 18.6 Å². The van der Waals surface area contributed by atoms with E-state index in [1.54, 1.807) is 4.90 Å². The molecule has 0 radical (unpaired) electrons. The smallest absolute Gasteiger partial charge is 0.421 e. The number of likely N-dealkylation sites (tertiary alicyclic amines) is 2. The Morgan fingerprint density at radius 3 is 2.62 bits per heavy atom. The molecule has 0 N–H and O–H groups in total. The van der Waals surface area contributed by atoms with E-state index in [9.17, 15) is 22.8 Å². The minimum Gasteiger partial charge on any atom is -0.481 e. The summed E-state index contributed by atoms with van der Waals surface area (Å²) in [7, 11) is 1.16. The number of aldehydes is 1. The molecule has 0 aliphatic carbocycles. The van der Waals surface area contributed by atoms with Gasteiger partial charge in [-0.25, -0.2) is 15.0 Å². The molecule has 2 aromatic heterocycles. The van der Waals surface area contributed by atoms with Crippen LogP contribution >= 0.6 is 0 Å². The molecule has 0 aromatic carbocycles. The van der Waals surface area contributed by atoms with Gasteiger partial charge in [0.05, 0.1) is 49.9 Å². The SMILES string of the molecule is COc1ncc(N2CCc3ncnc(O[C@H]4CCN(C(=O)C5CCN(CC=O)CC5)C4)c3C2)cc1C(F)(F)F. The number of amides is 1. The van der Waals surface area contributed by atoms with Crippen LogP contribution in [0, 0.1) is 5.92 Å². The number of ether oxygens (including phenoxy) is 2. The van der Waals surface area contributed by atoms with E-state index in [1.165, 1.54) is 12.5 Å². The first-order valence-electron chi connectivity index (χ1n) is 13.1. The van der Waals surface area contributed by atoms with E-state index in [2.05, 4.69) is 19.9 Å². The maximum absolute atomic E-state index is 13.5. The van der Waals surface area contributed by atoms with Crippen molar-refractivity contribution < 1.29 is 32.2 Å². The molecule has 3 aliphatic heterocycles. The number of pyridine rings is 1. The van der Waals surface area contributed by atoms with Crippen LogP contribution in [0.3, 0.4) is 0 Å². The number of halogens is 3. The summed E-state index contributed by atoms with van der Waals surface area (Å²) in [6.07, 6.45) is 1.51. The molecule has 1 atom stereocenters. The van der Waals surface area contributed by atoms with Crippen molar-refractivity contribution >= 4 is 17.9 Å². The fourth-order valence-corrected chi connectivity index (χ4v) is 5.53. The quantitative estimate of drug-likeness (QED) is 0.483. The van der Waals surface area contributed by atoms with Crippen molar-refractivity contribution in [3.8, 4) is 11.8 Å². The van der Waals surface area contributed by atoms with Crippen molar-refractivity contribution in [2.45, 2.75) is 44.5 Å². The Morgan fingerprint density at radius 2 is 1.90 bits per heavy atom. The van der Waals surface area contributed by atoms with Crippen LogP contribution in [0.1, 0.15) is 36.1 Å². The van der Waals surface area contributed by atoms with Gasteiger partial charge in [0.1, 0.15) is 24.3 Å². The van der Waals surface area contributed by atoms with Crippen LogP contribution in [0.25, 0.3) is 0 Å². The van der Waals surface area contributed by atoms with Gasteiger partial charge in [-0.2, -0.15) is 13.2 Å². The summed E-state index contributed by atoms with van der Waals surface area (Å²) < 4.78 is 51.7. The predicted octanol–water partition coefficient (Wildman–Crippen LogP) is 2.35. The van der Waals surface area contributed by atoms with Gasteiger partial charge in [0.15, 0.2) is 0 Å². The van der Waals surface area contributed by atoms with Gasteiger partial charge in [-0.3, -0.25) is 9.69 Å². The standard InChI is InChI=1S/C26H31F3N6O4/c1-38-24-21(26(27,28)29)12-18(13-30-24)34-9-5-22-20(15-34)23(32-16-31-22)39-19-4-8-35(14-19)25(37)17-2-6-33(7-3-17)10-11-36/h11-13,16-17,19H,2-10,14-15H2,1H3/t19-/m0/s1. The molecule has 3 aliphatic rings. The molecule has 0 bridgehead atoms. The molecule has 2 aromatic rings. The lowest BCUT2D eigenvalue weighted by atomic mass is 9.95.